The molecule has 0 saturated carbocycles. The number of imidazole rings is 1. The van der Waals surface area contributed by atoms with E-state index in [0.717, 1.165) is 11.0 Å². The van der Waals surface area contributed by atoms with Crippen LogP contribution in [-0.4, -0.2) is 14.9 Å². The Morgan fingerprint density at radius 1 is 0.667 bits per heavy atom. The van der Waals surface area contributed by atoms with E-state index in [1.807, 2.05) is 13.1 Å². The molecule has 0 aliphatic heterocycles. The molecule has 4 nitrogen and oxygen atoms in total. The van der Waals surface area contributed by atoms with Crippen molar-refractivity contribution in [2.24, 2.45) is 14.1 Å². The van der Waals surface area contributed by atoms with Gasteiger partial charge in [-0.3, -0.25) is 13.9 Å². The van der Waals surface area contributed by atoms with Gasteiger partial charge in [0.1, 0.15) is 5.78 Å². The maximum atomic E-state index is 11.8. The van der Waals surface area contributed by atoms with E-state index in [-0.39, 0.29) is 16.5 Å². The number of Topliss-reactive ketones (excluding diaryl/α,β-unsaturated/α-hetero) is 1. The smallest absolute Gasteiger partial charge is 0.299 e. The van der Waals surface area contributed by atoms with Gasteiger partial charge in [-0.25, -0.2) is 4.79 Å². The van der Waals surface area contributed by atoms with Crippen LogP contribution in [0.2, 0.25) is 0 Å². The van der Waals surface area contributed by atoms with Gasteiger partial charge in [0.15, 0.2) is 0 Å². The average molecular weight is 407 g/mol. The Morgan fingerprint density at radius 3 is 1.77 bits per heavy atom. The van der Waals surface area contributed by atoms with Crippen LogP contribution in [0.1, 0.15) is 63.8 Å². The molecule has 4 rings (SSSR count). The number of aromatic nitrogens is 2. The van der Waals surface area contributed by atoms with Gasteiger partial charge in [0.2, 0.25) is 0 Å². The van der Waals surface area contributed by atoms with E-state index in [2.05, 4.69) is 71.9 Å². The minimum absolute atomic E-state index is 0.0288. The molecule has 30 heavy (non-hydrogen) atoms. The van der Waals surface area contributed by atoms with Crippen molar-refractivity contribution in [1.29, 1.82) is 0 Å². The number of fused-ring (bicyclic) bond motifs is 2. The number of hydrogen-bond acceptors (Lipinski definition) is 2. The predicted molar refractivity (Wildman–Crippen MR) is 124 cm³/mol. The summed E-state index contributed by atoms with van der Waals surface area (Å²) in [4.78, 5) is 23.0. The molecule has 3 aromatic rings. The van der Waals surface area contributed by atoms with Crippen molar-refractivity contribution in [2.45, 2.75) is 65.2 Å². The number of benzene rings is 2. The van der Waals surface area contributed by atoms with Gasteiger partial charge in [-0.2, -0.15) is 0 Å². The SMILES string of the molecule is CC(C)(C)c1ccc2c(c1)CC(=O)C2.Cn1c(=O)n(C)c2cc(C(C)(C)C)ccc21. The summed E-state index contributed by atoms with van der Waals surface area (Å²) in [5.41, 5.74) is 7.35. The van der Waals surface area contributed by atoms with Crippen LogP contribution in [-0.2, 0) is 42.6 Å². The van der Waals surface area contributed by atoms with Crippen LogP contribution < -0.4 is 5.69 Å². The van der Waals surface area contributed by atoms with Crippen LogP contribution >= 0.6 is 0 Å². The normalized spacial score (nSPS) is 13.9. The third-order valence-electron chi connectivity index (χ3n) is 5.99. The number of rotatable bonds is 0. The molecule has 0 bridgehead atoms. The molecule has 0 N–H and O–H groups in total. The average Bonchev–Trinajstić information content (AvgIpc) is 3.12. The van der Waals surface area contributed by atoms with E-state index in [9.17, 15) is 9.59 Å². The van der Waals surface area contributed by atoms with Crippen molar-refractivity contribution < 1.29 is 4.79 Å². The summed E-state index contributed by atoms with van der Waals surface area (Å²) in [5, 5.41) is 0. The maximum absolute atomic E-state index is 11.8. The van der Waals surface area contributed by atoms with Gasteiger partial charge in [0, 0.05) is 26.9 Å². The summed E-state index contributed by atoms with van der Waals surface area (Å²) in [6.07, 6.45) is 1.28. The number of carbonyl (C=O) groups is 1. The third kappa shape index (κ3) is 4.28. The first kappa shape index (κ1) is 22.1. The first-order valence-electron chi connectivity index (χ1n) is 10.6. The van der Waals surface area contributed by atoms with Crippen LogP contribution in [0.3, 0.4) is 0 Å². The second-order valence-corrected chi connectivity index (χ2v) is 10.5. The first-order chi connectivity index (χ1) is 13.8. The monoisotopic (exact) mass is 406 g/mol. The highest BCUT2D eigenvalue weighted by atomic mass is 16.1. The third-order valence-corrected chi connectivity index (χ3v) is 5.99. The molecule has 0 fully saturated rings. The molecule has 160 valence electrons. The molecule has 0 amide bonds. The summed E-state index contributed by atoms with van der Waals surface area (Å²) >= 11 is 0. The fourth-order valence-corrected chi connectivity index (χ4v) is 3.89. The number of carbonyl (C=O) groups excluding carboxylic acids is 1. The molecule has 1 aliphatic carbocycles. The molecule has 0 saturated heterocycles. The standard InChI is InChI=1S/C13H18N2O.C13H16O/c1-13(2,3)9-6-7-10-11(8-9)15(5)12(16)14(10)4;1-13(2,3)11-5-4-9-7-12(14)8-10(9)6-11/h6-8H,1-5H3;4-6H,7-8H2,1-3H3. The molecular formula is C26H34N2O2. The first-order valence-corrected chi connectivity index (χ1v) is 10.6. The molecule has 0 radical (unpaired) electrons. The summed E-state index contributed by atoms with van der Waals surface area (Å²) in [5.74, 6) is 0.353. The van der Waals surface area contributed by atoms with Crippen molar-refractivity contribution in [3.8, 4) is 0 Å². The largest absolute Gasteiger partial charge is 0.328 e. The highest BCUT2D eigenvalue weighted by Gasteiger charge is 2.21. The van der Waals surface area contributed by atoms with E-state index >= 15 is 0 Å². The van der Waals surface area contributed by atoms with E-state index < -0.39 is 0 Å². The molecule has 0 spiro atoms. The zero-order valence-electron chi connectivity index (χ0n) is 19.6. The Morgan fingerprint density at radius 2 is 1.17 bits per heavy atom. The van der Waals surface area contributed by atoms with E-state index in [0.29, 0.717) is 18.6 Å². The van der Waals surface area contributed by atoms with Crippen LogP contribution in [0.25, 0.3) is 11.0 Å². The van der Waals surface area contributed by atoms with Gasteiger partial charge >= 0.3 is 5.69 Å². The Balaban J connectivity index is 0.000000172. The molecule has 2 aromatic carbocycles. The van der Waals surface area contributed by atoms with Crippen molar-refractivity contribution in [1.82, 2.24) is 9.13 Å². The number of nitrogens with zero attached hydrogens (tertiary/aromatic N) is 2. The van der Waals surface area contributed by atoms with Crippen molar-refractivity contribution >= 4 is 16.8 Å². The Bertz CT molecular complexity index is 1160. The topological polar surface area (TPSA) is 44.0 Å². The second-order valence-electron chi connectivity index (χ2n) is 10.5. The van der Waals surface area contributed by atoms with Gasteiger partial charge in [-0.15, -0.1) is 0 Å². The lowest BCUT2D eigenvalue weighted by molar-refractivity contribution is -0.117. The maximum Gasteiger partial charge on any atom is 0.328 e. The van der Waals surface area contributed by atoms with E-state index in [1.54, 1.807) is 16.2 Å². The van der Waals surface area contributed by atoms with Crippen molar-refractivity contribution in [3.63, 3.8) is 0 Å². The van der Waals surface area contributed by atoms with Gasteiger partial charge < -0.3 is 0 Å². The fraction of sp³-hybridized carbons (Fsp3) is 0.462. The lowest BCUT2D eigenvalue weighted by Crippen LogP contribution is -2.19. The van der Waals surface area contributed by atoms with Gasteiger partial charge in [-0.1, -0.05) is 65.8 Å². The van der Waals surface area contributed by atoms with E-state index in [1.165, 1.54) is 22.3 Å². The summed E-state index contributed by atoms with van der Waals surface area (Å²) in [6, 6.07) is 12.7. The minimum atomic E-state index is 0.0288. The van der Waals surface area contributed by atoms with Crippen LogP contribution in [0.15, 0.2) is 41.2 Å². The highest BCUT2D eigenvalue weighted by Crippen LogP contribution is 2.28. The van der Waals surface area contributed by atoms with Crippen LogP contribution in [0.5, 0.6) is 0 Å². The zero-order valence-corrected chi connectivity index (χ0v) is 19.6. The number of hydrogen-bond donors (Lipinski definition) is 0. The molecule has 1 heterocycles. The zero-order chi connectivity index (χ0) is 22.4. The van der Waals surface area contributed by atoms with Gasteiger partial charge in [0.25, 0.3) is 0 Å². The lowest BCUT2D eigenvalue weighted by Gasteiger charge is -2.19. The molecular weight excluding hydrogens is 372 g/mol. The molecule has 1 aliphatic rings. The van der Waals surface area contributed by atoms with Crippen LogP contribution in [0.4, 0.5) is 0 Å². The summed E-state index contributed by atoms with van der Waals surface area (Å²) in [6.45, 7) is 13.1. The quantitative estimate of drug-likeness (QED) is 0.537. The van der Waals surface area contributed by atoms with Crippen LogP contribution in [0, 0.1) is 0 Å². The summed E-state index contributed by atoms with van der Waals surface area (Å²) < 4.78 is 3.38. The molecule has 0 atom stereocenters. The predicted octanol–water partition coefficient (Wildman–Crippen LogP) is 4.83. The molecule has 0 unspecified atom stereocenters. The highest BCUT2D eigenvalue weighted by molar-refractivity contribution is 5.88. The lowest BCUT2D eigenvalue weighted by atomic mass is 9.85. The van der Waals surface area contributed by atoms with Crippen molar-refractivity contribution in [2.75, 3.05) is 0 Å². The Kier molecular flexibility index (Phi) is 5.57. The Labute approximate surface area is 179 Å². The molecule has 1 aromatic heterocycles. The number of ketones is 1. The summed E-state index contributed by atoms with van der Waals surface area (Å²) in [7, 11) is 3.62. The Hall–Kier alpha value is -2.62. The van der Waals surface area contributed by atoms with E-state index in [4.69, 9.17) is 0 Å². The second kappa shape index (κ2) is 7.57. The minimum Gasteiger partial charge on any atom is -0.299 e. The molecule has 4 heteroatoms. The van der Waals surface area contributed by atoms with Gasteiger partial charge in [-0.05, 0) is 45.2 Å². The van der Waals surface area contributed by atoms with Crippen molar-refractivity contribution in [3.05, 3.63) is 69.1 Å². The fourth-order valence-electron chi connectivity index (χ4n) is 3.89. The number of aryl methyl sites for hydroxylation is 2. The van der Waals surface area contributed by atoms with Gasteiger partial charge in [0.05, 0.1) is 11.0 Å².